The SMILES string of the molecule is CCS(=O)(=O)c1ccc(C(CC2CCOCC2)C(=O)Nc2nccs2)cc1. The highest BCUT2D eigenvalue weighted by molar-refractivity contribution is 7.91. The number of thiazole rings is 1. The molecule has 2 aromatic rings. The van der Waals surface area contributed by atoms with Gasteiger partial charge in [-0.25, -0.2) is 13.4 Å². The molecule has 0 spiro atoms. The van der Waals surface area contributed by atoms with Gasteiger partial charge >= 0.3 is 0 Å². The topological polar surface area (TPSA) is 85.4 Å². The third-order valence-corrected chi connectivity index (χ3v) is 7.35. The van der Waals surface area contributed by atoms with E-state index in [1.54, 1.807) is 37.4 Å². The van der Waals surface area contributed by atoms with E-state index in [4.69, 9.17) is 4.74 Å². The molecule has 0 bridgehead atoms. The van der Waals surface area contributed by atoms with Gasteiger partial charge in [-0.2, -0.15) is 0 Å². The van der Waals surface area contributed by atoms with Crippen molar-refractivity contribution in [3.63, 3.8) is 0 Å². The average molecular weight is 409 g/mol. The van der Waals surface area contributed by atoms with Crippen molar-refractivity contribution in [2.45, 2.75) is 37.0 Å². The molecule has 8 heteroatoms. The van der Waals surface area contributed by atoms with Gasteiger partial charge in [0.2, 0.25) is 5.91 Å². The minimum absolute atomic E-state index is 0.0579. The molecule has 146 valence electrons. The fourth-order valence-corrected chi connectivity index (χ4v) is 4.68. The van der Waals surface area contributed by atoms with Crippen LogP contribution in [0.5, 0.6) is 0 Å². The lowest BCUT2D eigenvalue weighted by Crippen LogP contribution is -2.26. The second-order valence-corrected chi connectivity index (χ2v) is 9.82. The van der Waals surface area contributed by atoms with Crippen molar-refractivity contribution in [3.8, 4) is 0 Å². The van der Waals surface area contributed by atoms with E-state index in [9.17, 15) is 13.2 Å². The van der Waals surface area contributed by atoms with Crippen LogP contribution in [0.2, 0.25) is 0 Å². The van der Waals surface area contributed by atoms with Crippen molar-refractivity contribution in [1.29, 1.82) is 0 Å². The highest BCUT2D eigenvalue weighted by atomic mass is 32.2. The molecule has 1 N–H and O–H groups in total. The predicted molar refractivity (Wildman–Crippen MR) is 106 cm³/mol. The zero-order valence-electron chi connectivity index (χ0n) is 15.3. The Labute approximate surface area is 163 Å². The Balaban J connectivity index is 1.82. The van der Waals surface area contributed by atoms with E-state index < -0.39 is 9.84 Å². The number of rotatable bonds is 7. The van der Waals surface area contributed by atoms with E-state index in [1.165, 1.54) is 11.3 Å². The summed E-state index contributed by atoms with van der Waals surface area (Å²) in [6.07, 6.45) is 4.23. The summed E-state index contributed by atoms with van der Waals surface area (Å²) in [5, 5.41) is 5.27. The van der Waals surface area contributed by atoms with Crippen LogP contribution in [-0.2, 0) is 19.4 Å². The summed E-state index contributed by atoms with van der Waals surface area (Å²) in [6.45, 7) is 3.07. The lowest BCUT2D eigenvalue weighted by Gasteiger charge is -2.26. The minimum Gasteiger partial charge on any atom is -0.381 e. The number of anilines is 1. The molecule has 0 aliphatic carbocycles. The molecule has 6 nitrogen and oxygen atoms in total. The van der Waals surface area contributed by atoms with Crippen LogP contribution in [0.25, 0.3) is 0 Å². The lowest BCUT2D eigenvalue weighted by molar-refractivity contribution is -0.118. The highest BCUT2D eigenvalue weighted by Crippen LogP contribution is 2.31. The van der Waals surface area contributed by atoms with Crippen molar-refractivity contribution in [2.75, 3.05) is 24.3 Å². The van der Waals surface area contributed by atoms with E-state index in [2.05, 4.69) is 10.3 Å². The van der Waals surface area contributed by atoms with Gasteiger partial charge in [0.15, 0.2) is 15.0 Å². The Morgan fingerprint density at radius 2 is 2.00 bits per heavy atom. The van der Waals surface area contributed by atoms with Crippen LogP contribution in [0.3, 0.4) is 0 Å². The van der Waals surface area contributed by atoms with Crippen molar-refractivity contribution in [1.82, 2.24) is 4.98 Å². The molecule has 1 fully saturated rings. The van der Waals surface area contributed by atoms with E-state index in [-0.39, 0.29) is 17.6 Å². The number of sulfone groups is 1. The number of aromatic nitrogens is 1. The van der Waals surface area contributed by atoms with Crippen molar-refractivity contribution in [2.24, 2.45) is 5.92 Å². The fourth-order valence-electron chi connectivity index (χ4n) is 3.26. The Morgan fingerprint density at radius 3 is 2.59 bits per heavy atom. The second-order valence-electron chi connectivity index (χ2n) is 6.64. The summed E-state index contributed by atoms with van der Waals surface area (Å²) in [4.78, 5) is 17.3. The normalized spacial score (nSPS) is 16.8. The van der Waals surface area contributed by atoms with Crippen LogP contribution in [0.15, 0.2) is 40.7 Å². The van der Waals surface area contributed by atoms with Gasteiger partial charge in [-0.1, -0.05) is 19.1 Å². The van der Waals surface area contributed by atoms with Crippen LogP contribution in [0, 0.1) is 5.92 Å². The van der Waals surface area contributed by atoms with Gasteiger partial charge in [-0.3, -0.25) is 4.79 Å². The van der Waals surface area contributed by atoms with E-state index in [1.807, 2.05) is 5.38 Å². The van der Waals surface area contributed by atoms with Gasteiger partial charge in [-0.15, -0.1) is 11.3 Å². The summed E-state index contributed by atoms with van der Waals surface area (Å²) in [5.41, 5.74) is 0.825. The molecular formula is C19H24N2O4S2. The quantitative estimate of drug-likeness (QED) is 0.758. The molecule has 2 heterocycles. The first-order valence-corrected chi connectivity index (χ1v) is 11.6. The van der Waals surface area contributed by atoms with Crippen LogP contribution < -0.4 is 5.32 Å². The summed E-state index contributed by atoms with van der Waals surface area (Å²) in [7, 11) is -3.25. The molecule has 1 unspecified atom stereocenters. The molecule has 1 atom stereocenters. The highest BCUT2D eigenvalue weighted by Gasteiger charge is 2.27. The van der Waals surface area contributed by atoms with Gasteiger partial charge in [0, 0.05) is 24.8 Å². The third-order valence-electron chi connectivity index (χ3n) is 4.91. The maximum absolute atomic E-state index is 12.9. The Morgan fingerprint density at radius 1 is 1.30 bits per heavy atom. The largest absolute Gasteiger partial charge is 0.381 e. The van der Waals surface area contributed by atoms with Crippen LogP contribution in [0.1, 0.15) is 37.7 Å². The summed E-state index contributed by atoms with van der Waals surface area (Å²) < 4.78 is 29.5. The predicted octanol–water partition coefficient (Wildman–Crippen LogP) is 3.48. The van der Waals surface area contributed by atoms with Gasteiger partial charge in [0.05, 0.1) is 16.6 Å². The number of nitrogens with zero attached hydrogens (tertiary/aromatic N) is 1. The number of carbonyl (C=O) groups is 1. The third kappa shape index (κ3) is 5.15. The molecule has 1 aromatic carbocycles. The van der Waals surface area contributed by atoms with Crippen LogP contribution >= 0.6 is 11.3 Å². The Kier molecular flexibility index (Phi) is 6.62. The summed E-state index contributed by atoms with van der Waals surface area (Å²) in [5.74, 6) is 0.00493. The minimum atomic E-state index is -3.25. The van der Waals surface area contributed by atoms with E-state index in [0.717, 1.165) is 31.6 Å². The van der Waals surface area contributed by atoms with Gasteiger partial charge in [0.1, 0.15) is 0 Å². The molecule has 1 amide bonds. The summed E-state index contributed by atoms with van der Waals surface area (Å²) in [6, 6.07) is 6.71. The zero-order valence-corrected chi connectivity index (χ0v) is 16.9. The number of amides is 1. The molecule has 1 aliphatic heterocycles. The van der Waals surface area contributed by atoms with Crippen LogP contribution in [-0.4, -0.2) is 38.3 Å². The van der Waals surface area contributed by atoms with Crippen molar-refractivity contribution >= 4 is 32.2 Å². The molecule has 0 radical (unpaired) electrons. The van der Waals surface area contributed by atoms with Crippen LogP contribution in [0.4, 0.5) is 5.13 Å². The molecule has 3 rings (SSSR count). The van der Waals surface area contributed by atoms with Crippen molar-refractivity contribution in [3.05, 3.63) is 41.4 Å². The first-order chi connectivity index (χ1) is 13.0. The fraction of sp³-hybridized carbons (Fsp3) is 0.474. The first-order valence-electron chi connectivity index (χ1n) is 9.10. The van der Waals surface area contributed by atoms with E-state index >= 15 is 0 Å². The smallest absolute Gasteiger partial charge is 0.233 e. The molecule has 1 aromatic heterocycles. The number of benzene rings is 1. The first kappa shape index (κ1) is 20.0. The number of carbonyl (C=O) groups excluding carboxylic acids is 1. The molecular weight excluding hydrogens is 384 g/mol. The Hall–Kier alpha value is -1.77. The van der Waals surface area contributed by atoms with Gasteiger partial charge in [-0.05, 0) is 42.9 Å². The van der Waals surface area contributed by atoms with Gasteiger partial charge < -0.3 is 10.1 Å². The number of hydrogen-bond acceptors (Lipinski definition) is 6. The maximum Gasteiger partial charge on any atom is 0.233 e. The number of hydrogen-bond donors (Lipinski definition) is 1. The Bertz CT molecular complexity index is 842. The number of ether oxygens (including phenoxy) is 1. The molecule has 1 saturated heterocycles. The zero-order chi connectivity index (χ0) is 19.3. The average Bonchev–Trinajstić information content (AvgIpc) is 3.20. The molecule has 0 saturated carbocycles. The lowest BCUT2D eigenvalue weighted by atomic mass is 9.84. The van der Waals surface area contributed by atoms with Gasteiger partial charge in [0.25, 0.3) is 0 Å². The number of nitrogens with one attached hydrogen (secondary N) is 1. The van der Waals surface area contributed by atoms with Crippen molar-refractivity contribution < 1.29 is 17.9 Å². The molecule has 27 heavy (non-hydrogen) atoms. The standard InChI is InChI=1S/C19H24N2O4S2/c1-2-27(23,24)16-5-3-15(4-6-16)17(13-14-7-10-25-11-8-14)18(22)21-19-20-9-12-26-19/h3-6,9,12,14,17H,2,7-8,10-11,13H2,1H3,(H,20,21,22). The maximum atomic E-state index is 12.9. The van der Waals surface area contributed by atoms with E-state index in [0.29, 0.717) is 22.4 Å². The monoisotopic (exact) mass is 408 g/mol. The molecule has 1 aliphatic rings. The summed E-state index contributed by atoms with van der Waals surface area (Å²) >= 11 is 1.38. The second kappa shape index (κ2) is 8.95.